The molecule has 1 aromatic rings. The number of carbonyl (C=O) groups excluding carboxylic acids is 1. The first kappa shape index (κ1) is 13.1. The molecule has 0 aromatic carbocycles. The first-order valence-electron chi connectivity index (χ1n) is 6.19. The van der Waals surface area contributed by atoms with Crippen molar-refractivity contribution in [3.8, 4) is 0 Å². The lowest BCUT2D eigenvalue weighted by molar-refractivity contribution is -0.118. The molecule has 1 aliphatic carbocycles. The number of carbonyl (C=O) groups is 1. The highest BCUT2D eigenvalue weighted by Crippen LogP contribution is 2.21. The molecular weight excluding hydrogens is 248 g/mol. The van der Waals surface area contributed by atoms with E-state index < -0.39 is 0 Å². The van der Waals surface area contributed by atoms with Crippen molar-refractivity contribution in [1.29, 1.82) is 0 Å². The van der Waals surface area contributed by atoms with Gasteiger partial charge >= 0.3 is 0 Å². The maximum atomic E-state index is 11.6. The molecule has 1 saturated carbocycles. The second kappa shape index (κ2) is 6.04. The number of rotatable bonds is 6. The molecule has 1 fully saturated rings. The van der Waals surface area contributed by atoms with Crippen LogP contribution in [0.4, 0.5) is 5.82 Å². The summed E-state index contributed by atoms with van der Waals surface area (Å²) in [5, 5.41) is 6.95. The summed E-state index contributed by atoms with van der Waals surface area (Å²) in [6, 6.07) is 2.30. The molecule has 0 atom stereocenters. The van der Waals surface area contributed by atoms with Crippen molar-refractivity contribution in [2.75, 3.05) is 17.6 Å². The van der Waals surface area contributed by atoms with Gasteiger partial charge in [-0.25, -0.2) is 9.97 Å². The highest BCUT2D eigenvalue weighted by molar-refractivity contribution is 7.99. The molecule has 98 valence electrons. The van der Waals surface area contributed by atoms with Crippen molar-refractivity contribution < 1.29 is 4.79 Å². The van der Waals surface area contributed by atoms with Gasteiger partial charge in [0, 0.05) is 18.7 Å². The Hall–Kier alpha value is -1.30. The molecule has 0 radical (unpaired) electrons. The minimum atomic E-state index is 0.0868. The molecule has 2 rings (SSSR count). The number of aryl methyl sites for hydroxylation is 1. The molecule has 1 amide bonds. The van der Waals surface area contributed by atoms with E-state index >= 15 is 0 Å². The van der Waals surface area contributed by atoms with Crippen LogP contribution in [0.15, 0.2) is 11.1 Å². The fourth-order valence-corrected chi connectivity index (χ4v) is 2.28. The van der Waals surface area contributed by atoms with Crippen LogP contribution in [0.5, 0.6) is 0 Å². The van der Waals surface area contributed by atoms with Crippen LogP contribution in [0.2, 0.25) is 0 Å². The van der Waals surface area contributed by atoms with E-state index in [2.05, 4.69) is 20.6 Å². The zero-order valence-electron chi connectivity index (χ0n) is 10.7. The summed E-state index contributed by atoms with van der Waals surface area (Å²) in [4.78, 5) is 20.2. The Kier molecular flexibility index (Phi) is 4.41. The Labute approximate surface area is 111 Å². The fraction of sp³-hybridized carbons (Fsp3) is 0.583. The number of nitrogens with zero attached hydrogens (tertiary/aromatic N) is 2. The summed E-state index contributed by atoms with van der Waals surface area (Å²) in [6.45, 7) is 4.70. The van der Waals surface area contributed by atoms with Crippen LogP contribution >= 0.6 is 11.8 Å². The van der Waals surface area contributed by atoms with E-state index in [4.69, 9.17) is 0 Å². The van der Waals surface area contributed by atoms with Gasteiger partial charge in [-0.3, -0.25) is 4.79 Å². The smallest absolute Gasteiger partial charge is 0.230 e. The molecule has 5 nitrogen and oxygen atoms in total. The number of hydrogen-bond donors (Lipinski definition) is 2. The minimum Gasteiger partial charge on any atom is -0.370 e. The van der Waals surface area contributed by atoms with Crippen molar-refractivity contribution in [3.63, 3.8) is 0 Å². The third-order valence-corrected chi connectivity index (χ3v) is 3.38. The summed E-state index contributed by atoms with van der Waals surface area (Å²) in [5.74, 6) is 2.04. The van der Waals surface area contributed by atoms with E-state index in [1.807, 2.05) is 19.9 Å². The SMILES string of the molecule is CCNc1cc(SCC(=O)NC2CC2)nc(C)n1. The molecule has 1 heterocycles. The predicted octanol–water partition coefficient (Wildman–Crippen LogP) is 1.59. The molecule has 1 aliphatic rings. The van der Waals surface area contributed by atoms with Crippen LogP contribution in [-0.2, 0) is 4.79 Å². The summed E-state index contributed by atoms with van der Waals surface area (Å²) in [7, 11) is 0. The predicted molar refractivity (Wildman–Crippen MR) is 72.8 cm³/mol. The monoisotopic (exact) mass is 266 g/mol. The number of hydrogen-bond acceptors (Lipinski definition) is 5. The first-order valence-corrected chi connectivity index (χ1v) is 7.17. The molecule has 0 bridgehead atoms. The van der Waals surface area contributed by atoms with Gasteiger partial charge in [-0.2, -0.15) is 0 Å². The molecular formula is C12H18N4OS. The highest BCUT2D eigenvalue weighted by Gasteiger charge is 2.23. The van der Waals surface area contributed by atoms with Crippen molar-refractivity contribution in [2.45, 2.75) is 37.8 Å². The summed E-state index contributed by atoms with van der Waals surface area (Å²) >= 11 is 1.45. The van der Waals surface area contributed by atoms with Crippen LogP contribution in [-0.4, -0.2) is 34.2 Å². The summed E-state index contributed by atoms with van der Waals surface area (Å²) < 4.78 is 0. The zero-order chi connectivity index (χ0) is 13.0. The molecule has 0 aliphatic heterocycles. The van der Waals surface area contributed by atoms with E-state index in [9.17, 15) is 4.79 Å². The molecule has 18 heavy (non-hydrogen) atoms. The number of amides is 1. The number of nitrogens with one attached hydrogen (secondary N) is 2. The molecule has 0 spiro atoms. The molecule has 0 unspecified atom stereocenters. The van der Waals surface area contributed by atoms with Crippen molar-refractivity contribution in [3.05, 3.63) is 11.9 Å². The standard InChI is InChI=1S/C12H18N4OS/c1-3-13-10-6-12(15-8(2)14-10)18-7-11(17)16-9-4-5-9/h6,9H,3-5,7H2,1-2H3,(H,16,17)(H,13,14,15). The topological polar surface area (TPSA) is 66.9 Å². The van der Waals surface area contributed by atoms with Crippen LogP contribution in [0.3, 0.4) is 0 Å². The van der Waals surface area contributed by atoms with Crippen LogP contribution in [0, 0.1) is 6.92 Å². The number of aromatic nitrogens is 2. The van der Waals surface area contributed by atoms with Gasteiger partial charge in [-0.1, -0.05) is 11.8 Å². The lowest BCUT2D eigenvalue weighted by atomic mass is 10.5. The van der Waals surface area contributed by atoms with E-state index in [-0.39, 0.29) is 5.91 Å². The van der Waals surface area contributed by atoms with Crippen molar-refractivity contribution in [1.82, 2.24) is 15.3 Å². The fourth-order valence-electron chi connectivity index (χ4n) is 1.52. The average molecular weight is 266 g/mol. The highest BCUT2D eigenvalue weighted by atomic mass is 32.2. The van der Waals surface area contributed by atoms with Gasteiger partial charge in [0.1, 0.15) is 16.7 Å². The quantitative estimate of drug-likeness (QED) is 0.604. The lowest BCUT2D eigenvalue weighted by Gasteiger charge is -2.07. The zero-order valence-corrected chi connectivity index (χ0v) is 11.5. The van der Waals surface area contributed by atoms with Crippen LogP contribution in [0.25, 0.3) is 0 Å². The van der Waals surface area contributed by atoms with Gasteiger partial charge in [0.25, 0.3) is 0 Å². The Bertz CT molecular complexity index is 434. The first-order chi connectivity index (χ1) is 8.67. The van der Waals surface area contributed by atoms with Gasteiger partial charge in [0.2, 0.25) is 5.91 Å². The molecule has 1 aromatic heterocycles. The van der Waals surface area contributed by atoms with Gasteiger partial charge < -0.3 is 10.6 Å². The Morgan fingerprint density at radius 1 is 1.50 bits per heavy atom. The van der Waals surface area contributed by atoms with E-state index in [0.29, 0.717) is 11.8 Å². The Morgan fingerprint density at radius 2 is 2.28 bits per heavy atom. The summed E-state index contributed by atoms with van der Waals surface area (Å²) in [6.07, 6.45) is 2.24. The average Bonchev–Trinajstić information content (AvgIpc) is 3.10. The Morgan fingerprint density at radius 3 is 2.94 bits per heavy atom. The largest absolute Gasteiger partial charge is 0.370 e. The van der Waals surface area contributed by atoms with E-state index in [0.717, 1.165) is 36.1 Å². The molecule has 0 saturated heterocycles. The number of anilines is 1. The third-order valence-electron chi connectivity index (χ3n) is 2.47. The van der Waals surface area contributed by atoms with Gasteiger partial charge in [-0.05, 0) is 26.7 Å². The summed E-state index contributed by atoms with van der Waals surface area (Å²) in [5.41, 5.74) is 0. The van der Waals surface area contributed by atoms with Crippen LogP contribution < -0.4 is 10.6 Å². The van der Waals surface area contributed by atoms with E-state index in [1.54, 1.807) is 0 Å². The van der Waals surface area contributed by atoms with Gasteiger partial charge in [0.15, 0.2) is 0 Å². The molecule has 2 N–H and O–H groups in total. The maximum absolute atomic E-state index is 11.6. The van der Waals surface area contributed by atoms with Crippen molar-refractivity contribution in [2.24, 2.45) is 0 Å². The minimum absolute atomic E-state index is 0.0868. The maximum Gasteiger partial charge on any atom is 0.230 e. The normalized spacial score (nSPS) is 14.3. The Balaban J connectivity index is 1.88. The third kappa shape index (κ3) is 4.18. The second-order valence-electron chi connectivity index (χ2n) is 4.30. The lowest BCUT2D eigenvalue weighted by Crippen LogP contribution is -2.27. The number of thioether (sulfide) groups is 1. The second-order valence-corrected chi connectivity index (χ2v) is 5.30. The van der Waals surface area contributed by atoms with Gasteiger partial charge in [0.05, 0.1) is 5.75 Å². The van der Waals surface area contributed by atoms with Gasteiger partial charge in [-0.15, -0.1) is 0 Å². The van der Waals surface area contributed by atoms with Crippen molar-refractivity contribution >= 4 is 23.5 Å². The molecule has 6 heteroatoms. The van der Waals surface area contributed by atoms with E-state index in [1.165, 1.54) is 11.8 Å². The van der Waals surface area contributed by atoms with Crippen LogP contribution in [0.1, 0.15) is 25.6 Å².